The molecule has 15 nitrogen and oxygen atoms in total. The third-order valence-corrected chi connectivity index (χ3v) is 11.6. The number of aromatic hydroxyl groups is 8. The van der Waals surface area contributed by atoms with E-state index < -0.39 is 78.4 Å². The van der Waals surface area contributed by atoms with Crippen LogP contribution in [0.15, 0.2) is 109 Å². The summed E-state index contributed by atoms with van der Waals surface area (Å²) in [6.45, 7) is -0.806. The second-order valence-electron chi connectivity index (χ2n) is 15.7. The van der Waals surface area contributed by atoms with Crippen molar-refractivity contribution in [1.82, 2.24) is 0 Å². The van der Waals surface area contributed by atoms with Crippen LogP contribution in [0.5, 0.6) is 51.7 Å². The van der Waals surface area contributed by atoms with E-state index in [9.17, 15) is 66.4 Å². The summed E-state index contributed by atoms with van der Waals surface area (Å²) in [5.41, 5.74) is 1.83. The number of hydrogen-bond donors (Lipinski definition) is 13. The maximum atomic E-state index is 12.9. The van der Waals surface area contributed by atoms with Gasteiger partial charge in [-0.15, -0.1) is 0 Å². The van der Waals surface area contributed by atoms with Gasteiger partial charge in [0.2, 0.25) is 0 Å². The number of aliphatic hydroxyl groups excluding tert-OH is 5. The number of rotatable bonds is 10. The quantitative estimate of drug-likeness (QED) is 0.0794. The first-order valence-electron chi connectivity index (χ1n) is 19.8. The number of phenolic OH excluding ortho intramolecular Hbond substituents is 8. The fourth-order valence-electron chi connectivity index (χ4n) is 8.71. The molecule has 0 bridgehead atoms. The summed E-state index contributed by atoms with van der Waals surface area (Å²) in [6, 6.07) is 25.4. The van der Waals surface area contributed by atoms with Crippen molar-refractivity contribution < 1.29 is 75.9 Å². The van der Waals surface area contributed by atoms with Crippen molar-refractivity contribution in [2.45, 2.75) is 54.6 Å². The molecule has 9 unspecified atom stereocenters. The van der Waals surface area contributed by atoms with Gasteiger partial charge >= 0.3 is 0 Å². The van der Waals surface area contributed by atoms with Gasteiger partial charge in [-0.2, -0.15) is 0 Å². The first-order valence-corrected chi connectivity index (χ1v) is 19.8. The molecule has 0 aromatic heterocycles. The Morgan fingerprint density at radius 2 is 1.13 bits per heavy atom. The van der Waals surface area contributed by atoms with E-state index in [1.165, 1.54) is 66.7 Å². The van der Waals surface area contributed by atoms with Crippen molar-refractivity contribution in [3.05, 3.63) is 159 Å². The monoisotopic (exact) mass is 860 g/mol. The van der Waals surface area contributed by atoms with Crippen LogP contribution in [-0.2, 0) is 4.74 Å². The van der Waals surface area contributed by atoms with Gasteiger partial charge in [0.15, 0.2) is 0 Å². The summed E-state index contributed by atoms with van der Waals surface area (Å²) in [5.74, 6) is -4.53. The molecule has 1 fully saturated rings. The first-order chi connectivity index (χ1) is 30.1. The molecule has 15 heteroatoms. The van der Waals surface area contributed by atoms with Gasteiger partial charge in [0.25, 0.3) is 0 Å². The molecular formula is C48H44O15. The first kappa shape index (κ1) is 42.7. The number of ether oxygens (including phenoxy) is 2. The number of hydrogen-bond acceptors (Lipinski definition) is 15. The Kier molecular flexibility index (Phi) is 11.6. The minimum Gasteiger partial charge on any atom is -0.508 e. The minimum absolute atomic E-state index is 0.0000660. The average Bonchev–Trinajstić information content (AvgIpc) is 3.63. The van der Waals surface area contributed by atoms with E-state index in [1.54, 1.807) is 36.4 Å². The SMILES string of the molecule is OCC1OC(c2c(O)cc(O)cc2C(O)C(c2ccc(O)cc2)c2c(O)cc3c(c2C=Cc2ccc(O)cc2)C(c2cc(O)cc(O)c2)C(c2ccc(O)cc2)O3)C(O)C(O)C1O. The third-order valence-electron chi connectivity index (χ3n) is 11.6. The summed E-state index contributed by atoms with van der Waals surface area (Å²) in [7, 11) is 0. The van der Waals surface area contributed by atoms with Crippen LogP contribution in [0.4, 0.5) is 0 Å². The van der Waals surface area contributed by atoms with E-state index in [0.717, 1.165) is 18.2 Å². The van der Waals surface area contributed by atoms with Gasteiger partial charge in [-0.1, -0.05) is 48.6 Å². The van der Waals surface area contributed by atoms with Gasteiger partial charge in [-0.3, -0.25) is 0 Å². The molecule has 0 saturated carbocycles. The Labute approximate surface area is 359 Å². The highest BCUT2D eigenvalue weighted by Crippen LogP contribution is 2.57. The van der Waals surface area contributed by atoms with Gasteiger partial charge < -0.3 is 75.9 Å². The predicted molar refractivity (Wildman–Crippen MR) is 226 cm³/mol. The lowest BCUT2D eigenvalue weighted by molar-refractivity contribution is -0.232. The van der Waals surface area contributed by atoms with Crippen LogP contribution >= 0.6 is 0 Å². The van der Waals surface area contributed by atoms with Crippen LogP contribution in [0.1, 0.15) is 80.2 Å². The zero-order chi connectivity index (χ0) is 44.9. The molecule has 2 aliphatic rings. The van der Waals surface area contributed by atoms with Gasteiger partial charge in [-0.25, -0.2) is 0 Å². The fourth-order valence-corrected chi connectivity index (χ4v) is 8.71. The topological polar surface area (TPSA) is 281 Å². The maximum Gasteiger partial charge on any atom is 0.135 e. The van der Waals surface area contributed by atoms with Crippen LogP contribution < -0.4 is 4.74 Å². The zero-order valence-corrected chi connectivity index (χ0v) is 33.1. The highest BCUT2D eigenvalue weighted by molar-refractivity contribution is 5.79. The predicted octanol–water partition coefficient (Wildman–Crippen LogP) is 5.15. The lowest BCUT2D eigenvalue weighted by Crippen LogP contribution is -2.55. The van der Waals surface area contributed by atoms with Crippen molar-refractivity contribution in [2.75, 3.05) is 6.61 Å². The molecular weight excluding hydrogens is 817 g/mol. The second kappa shape index (κ2) is 17.1. The highest BCUT2D eigenvalue weighted by Gasteiger charge is 2.47. The molecule has 0 spiro atoms. The zero-order valence-electron chi connectivity index (χ0n) is 33.1. The molecule has 326 valence electrons. The molecule has 6 aromatic carbocycles. The molecule has 1 saturated heterocycles. The van der Waals surface area contributed by atoms with E-state index in [2.05, 4.69) is 0 Å². The van der Waals surface area contributed by atoms with Crippen LogP contribution in [0, 0.1) is 0 Å². The van der Waals surface area contributed by atoms with E-state index in [-0.39, 0.29) is 62.3 Å². The van der Waals surface area contributed by atoms with Crippen molar-refractivity contribution in [3.8, 4) is 51.7 Å². The molecule has 6 aromatic rings. The van der Waals surface area contributed by atoms with Gasteiger partial charge in [0, 0.05) is 40.8 Å². The molecule has 0 aliphatic carbocycles. The summed E-state index contributed by atoms with van der Waals surface area (Å²) < 4.78 is 12.4. The molecule has 63 heavy (non-hydrogen) atoms. The van der Waals surface area contributed by atoms with Crippen LogP contribution in [-0.4, -0.2) is 97.4 Å². The average molecular weight is 861 g/mol. The number of aliphatic hydroxyl groups is 5. The second-order valence-corrected chi connectivity index (χ2v) is 15.7. The van der Waals surface area contributed by atoms with Crippen molar-refractivity contribution in [3.63, 3.8) is 0 Å². The largest absolute Gasteiger partial charge is 0.508 e. The molecule has 13 N–H and O–H groups in total. The van der Waals surface area contributed by atoms with Gasteiger partial charge in [0.05, 0.1) is 18.6 Å². The standard InChI is InChI=1S/C48H44O15/c49-21-37-44(59)45(60)46(61)48(63-37)41-33(18-31(55)19-34(41)56)43(58)38(23-4-10-27(51)11-5-23)40-32(14-3-22-1-8-26(50)9-2-22)42-36(20-35(40)57)62-47(24-6-12-28(52)13-7-24)39(42)25-15-29(53)17-30(54)16-25/h1-20,37-39,43-61H,21H2. The summed E-state index contributed by atoms with van der Waals surface area (Å²) in [6.07, 6.45) is -8.21. The molecule has 9 atom stereocenters. The molecule has 2 aliphatic heterocycles. The Balaban J connectivity index is 1.42. The Bertz CT molecular complexity index is 2620. The van der Waals surface area contributed by atoms with Crippen molar-refractivity contribution >= 4 is 12.2 Å². The van der Waals surface area contributed by atoms with Crippen LogP contribution in [0.3, 0.4) is 0 Å². The lowest BCUT2D eigenvalue weighted by atomic mass is 9.75. The molecule has 2 heterocycles. The van der Waals surface area contributed by atoms with E-state index >= 15 is 0 Å². The number of benzene rings is 6. The normalized spacial score (nSPS) is 23.0. The molecule has 0 amide bonds. The Hall–Kier alpha value is -6.98. The van der Waals surface area contributed by atoms with E-state index in [1.807, 2.05) is 0 Å². The van der Waals surface area contributed by atoms with Crippen molar-refractivity contribution in [2.24, 2.45) is 0 Å². The summed E-state index contributed by atoms with van der Waals surface area (Å²) >= 11 is 0. The number of phenols is 8. The lowest BCUT2D eigenvalue weighted by Gasteiger charge is -2.41. The Morgan fingerprint density at radius 1 is 0.540 bits per heavy atom. The highest BCUT2D eigenvalue weighted by atomic mass is 16.5. The maximum absolute atomic E-state index is 12.9. The van der Waals surface area contributed by atoms with E-state index in [0.29, 0.717) is 22.3 Å². The smallest absolute Gasteiger partial charge is 0.135 e. The van der Waals surface area contributed by atoms with Crippen LogP contribution in [0.25, 0.3) is 12.2 Å². The molecule has 0 radical (unpaired) electrons. The molecule has 8 rings (SSSR count). The third kappa shape index (κ3) is 8.12. The summed E-state index contributed by atoms with van der Waals surface area (Å²) in [4.78, 5) is 0. The minimum atomic E-state index is -1.93. The van der Waals surface area contributed by atoms with Crippen LogP contribution in [0.2, 0.25) is 0 Å². The number of fused-ring (bicyclic) bond motifs is 1. The Morgan fingerprint density at radius 3 is 1.75 bits per heavy atom. The van der Waals surface area contributed by atoms with Crippen molar-refractivity contribution in [1.29, 1.82) is 0 Å². The van der Waals surface area contributed by atoms with Gasteiger partial charge in [0.1, 0.15) is 88.4 Å². The van der Waals surface area contributed by atoms with E-state index in [4.69, 9.17) is 9.47 Å². The summed E-state index contributed by atoms with van der Waals surface area (Å²) in [5, 5.41) is 142. The van der Waals surface area contributed by atoms with Gasteiger partial charge in [-0.05, 0) is 88.0 Å². The fraction of sp³-hybridized carbons (Fsp3) is 0.208.